The molecule has 1 aliphatic rings. The van der Waals surface area contributed by atoms with Gasteiger partial charge in [0.15, 0.2) is 0 Å². The molecule has 1 N–H and O–H groups in total. The molecule has 0 unspecified atom stereocenters. The van der Waals surface area contributed by atoms with Crippen LogP contribution in [0, 0.1) is 19.8 Å². The molecule has 1 heterocycles. The lowest BCUT2D eigenvalue weighted by atomic mass is 9.93. The van der Waals surface area contributed by atoms with Crippen molar-refractivity contribution in [1.29, 1.82) is 0 Å². The van der Waals surface area contributed by atoms with Crippen molar-refractivity contribution in [2.24, 2.45) is 5.92 Å². The molecule has 2 aromatic carbocycles. The number of benzene rings is 2. The largest absolute Gasteiger partial charge is 0.378 e. The van der Waals surface area contributed by atoms with Crippen LogP contribution in [0.2, 0.25) is 0 Å². The lowest BCUT2D eigenvalue weighted by Crippen LogP contribution is -2.46. The van der Waals surface area contributed by atoms with Gasteiger partial charge in [-0.1, -0.05) is 54.4 Å². The number of ether oxygens (including phenoxy) is 1. The zero-order chi connectivity index (χ0) is 21.0. The summed E-state index contributed by atoms with van der Waals surface area (Å²) < 4.78 is 34.2. The third-order valence-electron chi connectivity index (χ3n) is 5.23. The summed E-state index contributed by atoms with van der Waals surface area (Å²) in [5.41, 5.74) is 2.76. The van der Waals surface area contributed by atoms with Gasteiger partial charge in [-0.25, -0.2) is 13.1 Å². The van der Waals surface area contributed by atoms with Gasteiger partial charge in [0.05, 0.1) is 30.1 Å². The maximum Gasteiger partial charge on any atom is 0.241 e. The van der Waals surface area contributed by atoms with Gasteiger partial charge in [0, 0.05) is 13.1 Å². The predicted molar refractivity (Wildman–Crippen MR) is 112 cm³/mol. The van der Waals surface area contributed by atoms with Crippen LogP contribution in [0.3, 0.4) is 0 Å². The number of nitrogens with zero attached hydrogens (tertiary/aromatic N) is 1. The summed E-state index contributed by atoms with van der Waals surface area (Å²) >= 11 is 0. The molecule has 0 aromatic heterocycles. The van der Waals surface area contributed by atoms with E-state index >= 15 is 0 Å². The minimum absolute atomic E-state index is 0.0774. The molecule has 1 amide bonds. The normalized spacial score (nSPS) is 17.0. The number of amides is 1. The van der Waals surface area contributed by atoms with Gasteiger partial charge in [-0.3, -0.25) is 4.79 Å². The highest BCUT2D eigenvalue weighted by atomic mass is 32.2. The molecule has 1 fully saturated rings. The number of hydrogen-bond acceptors (Lipinski definition) is 4. The third-order valence-corrected chi connectivity index (χ3v) is 6.68. The van der Waals surface area contributed by atoms with E-state index in [9.17, 15) is 13.2 Å². The van der Waals surface area contributed by atoms with Crippen LogP contribution in [0.15, 0.2) is 53.4 Å². The number of aryl methyl sites for hydroxylation is 2. The second-order valence-electron chi connectivity index (χ2n) is 7.55. The maximum absolute atomic E-state index is 13.1. The van der Waals surface area contributed by atoms with Crippen LogP contribution in [0.5, 0.6) is 0 Å². The number of carbonyl (C=O) groups is 1. The highest BCUT2D eigenvalue weighted by molar-refractivity contribution is 7.89. The Morgan fingerprint density at radius 1 is 1.03 bits per heavy atom. The van der Waals surface area contributed by atoms with Gasteiger partial charge in [-0.15, -0.1) is 0 Å². The Morgan fingerprint density at radius 2 is 1.69 bits per heavy atom. The van der Waals surface area contributed by atoms with Crippen molar-refractivity contribution in [2.75, 3.05) is 26.3 Å². The molecular formula is C22H28N2O4S. The summed E-state index contributed by atoms with van der Waals surface area (Å²) in [5.74, 6) is -0.637. The highest BCUT2D eigenvalue weighted by Crippen LogP contribution is 2.27. The van der Waals surface area contributed by atoms with E-state index in [0.29, 0.717) is 26.3 Å². The van der Waals surface area contributed by atoms with Gasteiger partial charge in [-0.2, -0.15) is 0 Å². The van der Waals surface area contributed by atoms with Crippen LogP contribution < -0.4 is 4.72 Å². The second kappa shape index (κ2) is 9.07. The maximum atomic E-state index is 13.1. The topological polar surface area (TPSA) is 75.7 Å². The van der Waals surface area contributed by atoms with Crippen molar-refractivity contribution in [1.82, 2.24) is 9.62 Å². The molecule has 3 rings (SSSR count). The Hall–Kier alpha value is -2.22. The third kappa shape index (κ3) is 5.23. The van der Waals surface area contributed by atoms with Crippen molar-refractivity contribution in [3.8, 4) is 0 Å². The molecular weight excluding hydrogens is 388 g/mol. The second-order valence-corrected chi connectivity index (χ2v) is 9.27. The molecule has 0 radical (unpaired) electrons. The van der Waals surface area contributed by atoms with E-state index in [2.05, 4.69) is 4.72 Å². The summed E-state index contributed by atoms with van der Waals surface area (Å²) in [6.07, 6.45) is 0. The first-order valence-electron chi connectivity index (χ1n) is 9.80. The number of rotatable bonds is 6. The SMILES string of the molecule is Cc1ccc(S(=O)(=O)N[C@@H](c2cccc(C)c2)[C@@H](C)C(=O)N2CCOCC2)cc1. The Bertz CT molecular complexity index is 951. The molecule has 6 nitrogen and oxygen atoms in total. The average Bonchev–Trinajstić information content (AvgIpc) is 2.72. The number of sulfonamides is 1. The van der Waals surface area contributed by atoms with E-state index < -0.39 is 22.0 Å². The van der Waals surface area contributed by atoms with Gasteiger partial charge in [0.2, 0.25) is 15.9 Å². The van der Waals surface area contributed by atoms with E-state index in [-0.39, 0.29) is 10.8 Å². The first-order chi connectivity index (χ1) is 13.8. The smallest absolute Gasteiger partial charge is 0.241 e. The summed E-state index contributed by atoms with van der Waals surface area (Å²) in [7, 11) is -3.79. The Kier molecular flexibility index (Phi) is 6.72. The van der Waals surface area contributed by atoms with Crippen LogP contribution in [0.4, 0.5) is 0 Å². The fourth-order valence-corrected chi connectivity index (χ4v) is 4.79. The predicted octanol–water partition coefficient (Wildman–Crippen LogP) is 2.82. The molecule has 2 atom stereocenters. The van der Waals surface area contributed by atoms with Gasteiger partial charge >= 0.3 is 0 Å². The molecule has 0 bridgehead atoms. The monoisotopic (exact) mass is 416 g/mol. The zero-order valence-corrected chi connectivity index (χ0v) is 17.9. The van der Waals surface area contributed by atoms with Gasteiger partial charge < -0.3 is 9.64 Å². The standard InChI is InChI=1S/C22H28N2O4S/c1-16-7-9-20(10-8-16)29(26,27)23-21(19-6-4-5-17(2)15-19)18(3)22(25)24-11-13-28-14-12-24/h4-10,15,18,21,23H,11-14H2,1-3H3/t18-,21-/m1/s1. The van der Waals surface area contributed by atoms with Crippen molar-refractivity contribution < 1.29 is 17.9 Å². The number of morpholine rings is 1. The van der Waals surface area contributed by atoms with Gasteiger partial charge in [0.25, 0.3) is 0 Å². The molecule has 2 aromatic rings. The number of nitrogens with one attached hydrogen (secondary N) is 1. The van der Waals surface area contributed by atoms with Crippen LogP contribution in [0.25, 0.3) is 0 Å². The lowest BCUT2D eigenvalue weighted by molar-refractivity contribution is -0.139. The lowest BCUT2D eigenvalue weighted by Gasteiger charge is -2.32. The summed E-state index contributed by atoms with van der Waals surface area (Å²) in [6, 6.07) is 13.6. The van der Waals surface area contributed by atoms with Crippen molar-refractivity contribution in [3.63, 3.8) is 0 Å². The quantitative estimate of drug-likeness (QED) is 0.786. The minimum Gasteiger partial charge on any atom is -0.378 e. The molecule has 1 saturated heterocycles. The summed E-state index contributed by atoms with van der Waals surface area (Å²) in [6.45, 7) is 7.68. The summed E-state index contributed by atoms with van der Waals surface area (Å²) in [5, 5.41) is 0. The van der Waals surface area contributed by atoms with Gasteiger partial charge in [0.1, 0.15) is 0 Å². The minimum atomic E-state index is -3.79. The Labute approximate surface area is 172 Å². The molecule has 156 valence electrons. The van der Waals surface area contributed by atoms with Crippen LogP contribution in [-0.2, 0) is 19.6 Å². The first-order valence-corrected chi connectivity index (χ1v) is 11.3. The first kappa shape index (κ1) is 21.5. The highest BCUT2D eigenvalue weighted by Gasteiger charge is 2.33. The Balaban J connectivity index is 1.92. The van der Waals surface area contributed by atoms with E-state index in [1.54, 1.807) is 36.1 Å². The van der Waals surface area contributed by atoms with E-state index in [1.807, 2.05) is 38.1 Å². The van der Waals surface area contributed by atoms with Crippen molar-refractivity contribution >= 4 is 15.9 Å². The number of carbonyl (C=O) groups excluding carboxylic acids is 1. The molecule has 29 heavy (non-hydrogen) atoms. The molecule has 0 spiro atoms. The Morgan fingerprint density at radius 3 is 2.31 bits per heavy atom. The number of hydrogen-bond donors (Lipinski definition) is 1. The van der Waals surface area contributed by atoms with Crippen LogP contribution >= 0.6 is 0 Å². The van der Waals surface area contributed by atoms with Gasteiger partial charge in [-0.05, 0) is 31.5 Å². The van der Waals surface area contributed by atoms with Crippen LogP contribution in [0.1, 0.15) is 29.7 Å². The van der Waals surface area contributed by atoms with E-state index in [1.165, 1.54) is 0 Å². The molecule has 0 saturated carbocycles. The van der Waals surface area contributed by atoms with E-state index in [4.69, 9.17) is 4.74 Å². The molecule has 1 aliphatic heterocycles. The van der Waals surface area contributed by atoms with Crippen molar-refractivity contribution in [2.45, 2.75) is 31.7 Å². The fourth-order valence-electron chi connectivity index (χ4n) is 3.49. The average molecular weight is 417 g/mol. The fraction of sp³-hybridized carbons (Fsp3) is 0.409. The van der Waals surface area contributed by atoms with Crippen molar-refractivity contribution in [3.05, 3.63) is 65.2 Å². The van der Waals surface area contributed by atoms with E-state index in [0.717, 1.165) is 16.7 Å². The zero-order valence-electron chi connectivity index (χ0n) is 17.1. The van der Waals surface area contributed by atoms with Crippen LogP contribution in [-0.4, -0.2) is 45.5 Å². The molecule has 0 aliphatic carbocycles. The summed E-state index contributed by atoms with van der Waals surface area (Å²) in [4.78, 5) is 15.0. The molecule has 7 heteroatoms.